The highest BCUT2D eigenvalue weighted by Gasteiger charge is 2.28. The Bertz CT molecular complexity index is 655. The molecule has 128 valence electrons. The van der Waals surface area contributed by atoms with Gasteiger partial charge in [-0.2, -0.15) is 0 Å². The number of benzene rings is 1. The molecule has 1 aromatic rings. The van der Waals surface area contributed by atoms with Crippen molar-refractivity contribution in [3.05, 3.63) is 29.3 Å². The minimum Gasteiger partial charge on any atom is -0.493 e. The molecule has 0 saturated carbocycles. The van der Waals surface area contributed by atoms with Crippen LogP contribution in [0.2, 0.25) is 0 Å². The van der Waals surface area contributed by atoms with Gasteiger partial charge in [-0.25, -0.2) is 8.42 Å². The van der Waals surface area contributed by atoms with Crippen LogP contribution in [0.4, 0.5) is 0 Å². The largest absolute Gasteiger partial charge is 0.493 e. The Morgan fingerprint density at radius 2 is 2.09 bits per heavy atom. The van der Waals surface area contributed by atoms with Crippen molar-refractivity contribution in [1.82, 2.24) is 5.32 Å². The Kier molecular flexibility index (Phi) is 6.04. The highest BCUT2D eigenvalue weighted by atomic mass is 32.2. The lowest BCUT2D eigenvalue weighted by Crippen LogP contribution is -2.35. The summed E-state index contributed by atoms with van der Waals surface area (Å²) in [6.45, 7) is 4.62. The van der Waals surface area contributed by atoms with Gasteiger partial charge in [0.1, 0.15) is 5.75 Å². The van der Waals surface area contributed by atoms with Gasteiger partial charge in [0.05, 0.1) is 18.1 Å². The van der Waals surface area contributed by atoms with Crippen LogP contribution in [-0.2, 0) is 14.6 Å². The number of rotatable bonds is 7. The second kappa shape index (κ2) is 7.81. The Hall–Kier alpha value is -1.56. The van der Waals surface area contributed by atoms with Crippen LogP contribution in [0, 0.1) is 13.8 Å². The van der Waals surface area contributed by atoms with Crippen molar-refractivity contribution in [1.29, 1.82) is 0 Å². The van der Waals surface area contributed by atoms with Crippen LogP contribution in [0.5, 0.6) is 5.75 Å². The standard InChI is InChI=1S/C17H25NO4S/c1-13-6-7-14(2)16(11-13)22-9-4-3-5-17(19)18-15-8-10-23(20,21)12-15/h6-7,11,15H,3-5,8-10,12H2,1-2H3,(H,18,19)/t15-/m1/s1. The van der Waals surface area contributed by atoms with Gasteiger partial charge < -0.3 is 10.1 Å². The third-order valence-electron chi connectivity index (χ3n) is 4.00. The lowest BCUT2D eigenvalue weighted by molar-refractivity contribution is -0.121. The maximum Gasteiger partial charge on any atom is 0.220 e. The number of sulfone groups is 1. The molecule has 23 heavy (non-hydrogen) atoms. The molecule has 0 aliphatic carbocycles. The van der Waals surface area contributed by atoms with Crippen LogP contribution in [0.1, 0.15) is 36.8 Å². The van der Waals surface area contributed by atoms with Crippen molar-refractivity contribution in [3.8, 4) is 5.75 Å². The topological polar surface area (TPSA) is 72.5 Å². The molecule has 1 heterocycles. The average molecular weight is 339 g/mol. The first-order valence-electron chi connectivity index (χ1n) is 8.05. The number of aryl methyl sites for hydroxylation is 2. The van der Waals surface area contributed by atoms with E-state index in [2.05, 4.69) is 11.4 Å². The lowest BCUT2D eigenvalue weighted by Gasteiger charge is -2.11. The number of carbonyl (C=O) groups excluding carboxylic acids is 1. The molecule has 5 nitrogen and oxygen atoms in total. The third kappa shape index (κ3) is 5.86. The molecule has 1 N–H and O–H groups in total. The molecule has 1 fully saturated rings. The van der Waals surface area contributed by atoms with E-state index in [0.717, 1.165) is 29.7 Å². The second-order valence-electron chi connectivity index (χ2n) is 6.24. The van der Waals surface area contributed by atoms with Gasteiger partial charge >= 0.3 is 0 Å². The molecule has 0 aromatic heterocycles. The molecule has 1 amide bonds. The molecule has 1 aliphatic rings. The average Bonchev–Trinajstić information content (AvgIpc) is 2.81. The summed E-state index contributed by atoms with van der Waals surface area (Å²) in [5.74, 6) is 1.08. The van der Waals surface area contributed by atoms with E-state index < -0.39 is 9.84 Å². The van der Waals surface area contributed by atoms with Crippen molar-refractivity contribution in [3.63, 3.8) is 0 Å². The van der Waals surface area contributed by atoms with E-state index in [1.807, 2.05) is 26.0 Å². The van der Waals surface area contributed by atoms with E-state index in [1.165, 1.54) is 0 Å². The zero-order valence-electron chi connectivity index (χ0n) is 13.8. The van der Waals surface area contributed by atoms with Gasteiger partial charge in [0, 0.05) is 12.5 Å². The molecule has 1 atom stereocenters. The summed E-state index contributed by atoms with van der Waals surface area (Å²) in [7, 11) is -2.94. The summed E-state index contributed by atoms with van der Waals surface area (Å²) in [5, 5.41) is 2.80. The predicted molar refractivity (Wildman–Crippen MR) is 90.5 cm³/mol. The summed E-state index contributed by atoms with van der Waals surface area (Å²) in [6, 6.07) is 5.89. The Balaban J connectivity index is 1.62. The van der Waals surface area contributed by atoms with E-state index in [1.54, 1.807) is 0 Å². The van der Waals surface area contributed by atoms with Crippen molar-refractivity contribution in [2.24, 2.45) is 0 Å². The van der Waals surface area contributed by atoms with Crippen LogP contribution in [0.25, 0.3) is 0 Å². The fourth-order valence-corrected chi connectivity index (χ4v) is 4.31. The fraction of sp³-hybridized carbons (Fsp3) is 0.588. The molecule has 2 rings (SSSR count). The van der Waals surface area contributed by atoms with E-state index in [-0.39, 0.29) is 23.5 Å². The van der Waals surface area contributed by atoms with Crippen molar-refractivity contribution >= 4 is 15.7 Å². The van der Waals surface area contributed by atoms with Crippen LogP contribution in [0.15, 0.2) is 18.2 Å². The summed E-state index contributed by atoms with van der Waals surface area (Å²) < 4.78 is 28.4. The normalized spacial score (nSPS) is 19.5. The van der Waals surface area contributed by atoms with E-state index in [9.17, 15) is 13.2 Å². The highest BCUT2D eigenvalue weighted by molar-refractivity contribution is 7.91. The van der Waals surface area contributed by atoms with Crippen molar-refractivity contribution < 1.29 is 17.9 Å². The van der Waals surface area contributed by atoms with Gasteiger partial charge in [0.2, 0.25) is 5.91 Å². The quantitative estimate of drug-likeness (QED) is 0.773. The smallest absolute Gasteiger partial charge is 0.220 e. The Labute approximate surface area is 138 Å². The van der Waals surface area contributed by atoms with Gasteiger partial charge in [-0.15, -0.1) is 0 Å². The van der Waals surface area contributed by atoms with Crippen LogP contribution >= 0.6 is 0 Å². The zero-order chi connectivity index (χ0) is 16.9. The minimum absolute atomic E-state index is 0.0705. The minimum atomic E-state index is -2.94. The number of hydrogen-bond acceptors (Lipinski definition) is 4. The molecule has 0 radical (unpaired) electrons. The first-order valence-corrected chi connectivity index (χ1v) is 9.88. The Morgan fingerprint density at radius 3 is 2.78 bits per heavy atom. The molecule has 1 saturated heterocycles. The van der Waals surface area contributed by atoms with Crippen molar-refractivity contribution in [2.45, 2.75) is 45.6 Å². The number of nitrogens with one attached hydrogen (secondary N) is 1. The zero-order valence-corrected chi connectivity index (χ0v) is 14.6. The van der Waals surface area contributed by atoms with Gasteiger partial charge in [0.25, 0.3) is 0 Å². The van der Waals surface area contributed by atoms with Crippen LogP contribution < -0.4 is 10.1 Å². The predicted octanol–water partition coefficient (Wildman–Crippen LogP) is 2.16. The molecule has 0 unspecified atom stereocenters. The van der Waals surface area contributed by atoms with Crippen LogP contribution in [0.3, 0.4) is 0 Å². The van der Waals surface area contributed by atoms with E-state index in [0.29, 0.717) is 19.4 Å². The number of carbonyl (C=O) groups is 1. The monoisotopic (exact) mass is 339 g/mol. The first-order chi connectivity index (χ1) is 10.9. The van der Waals surface area contributed by atoms with Crippen molar-refractivity contribution in [2.75, 3.05) is 18.1 Å². The summed E-state index contributed by atoms with van der Waals surface area (Å²) >= 11 is 0. The lowest BCUT2D eigenvalue weighted by atomic mass is 10.1. The summed E-state index contributed by atoms with van der Waals surface area (Å²) in [6.07, 6.45) is 2.47. The molecule has 0 spiro atoms. The number of amides is 1. The summed E-state index contributed by atoms with van der Waals surface area (Å²) in [4.78, 5) is 11.8. The van der Waals surface area contributed by atoms with Gasteiger partial charge in [-0.3, -0.25) is 4.79 Å². The molecule has 1 aliphatic heterocycles. The SMILES string of the molecule is Cc1ccc(C)c(OCCCCC(=O)N[C@@H]2CCS(=O)(=O)C2)c1. The second-order valence-corrected chi connectivity index (χ2v) is 8.47. The number of ether oxygens (including phenoxy) is 1. The maximum atomic E-state index is 11.8. The fourth-order valence-electron chi connectivity index (χ4n) is 2.64. The third-order valence-corrected chi connectivity index (χ3v) is 5.76. The molecular weight excluding hydrogens is 314 g/mol. The molecule has 0 bridgehead atoms. The summed E-state index contributed by atoms with van der Waals surface area (Å²) in [5.41, 5.74) is 2.27. The molecule has 1 aromatic carbocycles. The van der Waals surface area contributed by atoms with Crippen LogP contribution in [-0.4, -0.2) is 38.5 Å². The highest BCUT2D eigenvalue weighted by Crippen LogP contribution is 2.19. The number of hydrogen-bond donors (Lipinski definition) is 1. The van der Waals surface area contributed by atoms with Gasteiger partial charge in [-0.1, -0.05) is 12.1 Å². The Morgan fingerprint density at radius 1 is 1.30 bits per heavy atom. The van der Waals surface area contributed by atoms with Gasteiger partial charge in [-0.05, 0) is 50.3 Å². The molecule has 6 heteroatoms. The molecular formula is C17H25NO4S. The van der Waals surface area contributed by atoms with E-state index >= 15 is 0 Å². The van der Waals surface area contributed by atoms with E-state index in [4.69, 9.17) is 4.74 Å². The first kappa shape index (κ1) is 17.8. The maximum absolute atomic E-state index is 11.8. The number of unbranched alkanes of at least 4 members (excludes halogenated alkanes) is 1. The van der Waals surface area contributed by atoms with Gasteiger partial charge in [0.15, 0.2) is 9.84 Å².